The van der Waals surface area contributed by atoms with Gasteiger partial charge in [0.25, 0.3) is 0 Å². The standard InChI is InChI=1S/C30H37F2N5O3/c31-29(32)39-26-9-7-24(8-10-26)27-34-30(40-35-27)37-19-13-25(14-20-37)28(38)33-15-4-16-36-17-11-23(12-18-36)21-22-5-2-1-3-6-22/h1-3,5-10,23,25,29H,4,11-21H2,(H,33,38). The summed E-state index contributed by atoms with van der Waals surface area (Å²) in [4.78, 5) is 21.7. The van der Waals surface area contributed by atoms with E-state index in [1.165, 1.54) is 37.0 Å². The highest BCUT2D eigenvalue weighted by Crippen LogP contribution is 2.26. The number of rotatable bonds is 11. The minimum absolute atomic E-state index is 0.0187. The van der Waals surface area contributed by atoms with Crippen molar-refractivity contribution < 1.29 is 22.8 Å². The number of ether oxygens (including phenoxy) is 1. The van der Waals surface area contributed by atoms with Gasteiger partial charge in [-0.05, 0) is 93.9 Å². The molecule has 0 bridgehead atoms. The van der Waals surface area contributed by atoms with Crippen molar-refractivity contribution >= 4 is 11.9 Å². The van der Waals surface area contributed by atoms with E-state index in [2.05, 4.69) is 55.4 Å². The minimum atomic E-state index is -2.87. The summed E-state index contributed by atoms with van der Waals surface area (Å²) in [6, 6.07) is 17.3. The maximum atomic E-state index is 12.7. The van der Waals surface area contributed by atoms with Crippen LogP contribution in [0.25, 0.3) is 11.4 Å². The number of halogens is 2. The van der Waals surface area contributed by atoms with Crippen LogP contribution in [0.3, 0.4) is 0 Å². The molecule has 214 valence electrons. The van der Waals surface area contributed by atoms with Crippen molar-refractivity contribution in [1.29, 1.82) is 0 Å². The normalized spacial score (nSPS) is 17.3. The molecule has 3 aromatic rings. The molecular weight excluding hydrogens is 516 g/mol. The second-order valence-corrected chi connectivity index (χ2v) is 10.7. The Labute approximate surface area is 233 Å². The smallest absolute Gasteiger partial charge is 0.387 e. The zero-order valence-electron chi connectivity index (χ0n) is 22.7. The molecule has 0 atom stereocenters. The number of hydrogen-bond donors (Lipinski definition) is 1. The molecule has 2 aliphatic heterocycles. The van der Waals surface area contributed by atoms with Gasteiger partial charge in [0.1, 0.15) is 5.75 Å². The highest BCUT2D eigenvalue weighted by molar-refractivity contribution is 5.78. The SMILES string of the molecule is O=C(NCCCN1CCC(Cc2ccccc2)CC1)C1CCN(c2nc(-c3ccc(OC(F)F)cc3)no2)CC1. The van der Waals surface area contributed by atoms with Crippen LogP contribution in [0.1, 0.15) is 37.7 Å². The average molecular weight is 554 g/mol. The molecule has 40 heavy (non-hydrogen) atoms. The Morgan fingerprint density at radius 2 is 1.73 bits per heavy atom. The minimum Gasteiger partial charge on any atom is -0.435 e. The monoisotopic (exact) mass is 553 g/mol. The maximum Gasteiger partial charge on any atom is 0.387 e. The summed E-state index contributed by atoms with van der Waals surface area (Å²) in [5, 5.41) is 7.15. The van der Waals surface area contributed by atoms with Crippen LogP contribution in [0.4, 0.5) is 14.8 Å². The van der Waals surface area contributed by atoms with E-state index in [4.69, 9.17) is 4.52 Å². The number of alkyl halides is 2. The third-order valence-corrected chi connectivity index (χ3v) is 7.91. The molecular formula is C30H37F2N5O3. The predicted octanol–water partition coefficient (Wildman–Crippen LogP) is 5.02. The first-order valence-corrected chi connectivity index (χ1v) is 14.2. The molecule has 2 aromatic carbocycles. The molecule has 0 spiro atoms. The Morgan fingerprint density at radius 3 is 2.42 bits per heavy atom. The number of piperidine rings is 2. The number of carbonyl (C=O) groups is 1. The number of amides is 1. The summed E-state index contributed by atoms with van der Waals surface area (Å²) in [5.74, 6) is 1.32. The molecule has 2 fully saturated rings. The van der Waals surface area contributed by atoms with Gasteiger partial charge in [-0.3, -0.25) is 4.79 Å². The molecule has 10 heteroatoms. The van der Waals surface area contributed by atoms with E-state index >= 15 is 0 Å². The highest BCUT2D eigenvalue weighted by atomic mass is 19.3. The predicted molar refractivity (Wildman–Crippen MR) is 148 cm³/mol. The number of nitrogens with zero attached hydrogens (tertiary/aromatic N) is 4. The molecule has 2 saturated heterocycles. The van der Waals surface area contributed by atoms with Gasteiger partial charge in [-0.1, -0.05) is 35.5 Å². The lowest BCUT2D eigenvalue weighted by molar-refractivity contribution is -0.125. The van der Waals surface area contributed by atoms with E-state index in [-0.39, 0.29) is 17.6 Å². The summed E-state index contributed by atoms with van der Waals surface area (Å²) < 4.78 is 34.5. The van der Waals surface area contributed by atoms with Gasteiger partial charge in [-0.2, -0.15) is 13.8 Å². The second kappa shape index (κ2) is 13.7. The zero-order chi connectivity index (χ0) is 27.7. The second-order valence-electron chi connectivity index (χ2n) is 10.7. The van der Waals surface area contributed by atoms with Crippen LogP contribution >= 0.6 is 0 Å². The van der Waals surface area contributed by atoms with Crippen molar-refractivity contribution in [2.45, 2.75) is 45.1 Å². The van der Waals surface area contributed by atoms with E-state index < -0.39 is 6.61 Å². The van der Waals surface area contributed by atoms with E-state index in [9.17, 15) is 13.6 Å². The first kappa shape index (κ1) is 28.0. The summed E-state index contributed by atoms with van der Waals surface area (Å²) in [6.45, 7) is 2.44. The fourth-order valence-electron chi connectivity index (χ4n) is 5.60. The van der Waals surface area contributed by atoms with Crippen LogP contribution in [-0.4, -0.2) is 66.8 Å². The van der Waals surface area contributed by atoms with Gasteiger partial charge >= 0.3 is 12.6 Å². The number of aromatic nitrogens is 2. The molecule has 5 rings (SSSR count). The Morgan fingerprint density at radius 1 is 1.00 bits per heavy atom. The van der Waals surface area contributed by atoms with Crippen LogP contribution in [0.2, 0.25) is 0 Å². The Hall–Kier alpha value is -3.53. The van der Waals surface area contributed by atoms with Gasteiger partial charge in [0.15, 0.2) is 0 Å². The number of nitrogens with one attached hydrogen (secondary N) is 1. The van der Waals surface area contributed by atoms with Gasteiger partial charge in [0.05, 0.1) is 0 Å². The van der Waals surface area contributed by atoms with Gasteiger partial charge in [0, 0.05) is 31.1 Å². The zero-order valence-corrected chi connectivity index (χ0v) is 22.7. The van der Waals surface area contributed by atoms with Crippen LogP contribution in [0.15, 0.2) is 59.1 Å². The molecule has 0 saturated carbocycles. The molecule has 3 heterocycles. The molecule has 1 N–H and O–H groups in total. The number of likely N-dealkylation sites (tertiary alicyclic amines) is 1. The number of anilines is 1. The average Bonchev–Trinajstić information content (AvgIpc) is 3.47. The van der Waals surface area contributed by atoms with Gasteiger partial charge in [-0.25, -0.2) is 0 Å². The van der Waals surface area contributed by atoms with Crippen molar-refractivity contribution in [3.63, 3.8) is 0 Å². The summed E-state index contributed by atoms with van der Waals surface area (Å²) in [5.41, 5.74) is 2.08. The van der Waals surface area contributed by atoms with Crippen molar-refractivity contribution in [3.8, 4) is 17.1 Å². The lowest BCUT2D eigenvalue weighted by Gasteiger charge is -2.32. The first-order valence-electron chi connectivity index (χ1n) is 14.2. The highest BCUT2D eigenvalue weighted by Gasteiger charge is 2.27. The van der Waals surface area contributed by atoms with Gasteiger partial charge < -0.3 is 24.4 Å². The summed E-state index contributed by atoms with van der Waals surface area (Å²) >= 11 is 0. The van der Waals surface area contributed by atoms with E-state index in [1.54, 1.807) is 12.1 Å². The Bertz CT molecular complexity index is 1190. The van der Waals surface area contributed by atoms with Crippen molar-refractivity contribution in [2.75, 3.05) is 44.2 Å². The maximum absolute atomic E-state index is 12.7. The van der Waals surface area contributed by atoms with Crippen molar-refractivity contribution in [2.24, 2.45) is 11.8 Å². The molecule has 0 unspecified atom stereocenters. The molecule has 2 aliphatic rings. The lowest BCUT2D eigenvalue weighted by atomic mass is 9.90. The van der Waals surface area contributed by atoms with E-state index in [0.29, 0.717) is 37.0 Å². The molecule has 0 aliphatic carbocycles. The Kier molecular flexibility index (Phi) is 9.59. The van der Waals surface area contributed by atoms with Gasteiger partial charge in [-0.15, -0.1) is 0 Å². The lowest BCUT2D eigenvalue weighted by Crippen LogP contribution is -2.41. The van der Waals surface area contributed by atoms with Crippen LogP contribution < -0.4 is 15.0 Å². The number of hydrogen-bond acceptors (Lipinski definition) is 7. The molecule has 1 amide bonds. The fourth-order valence-corrected chi connectivity index (χ4v) is 5.60. The first-order chi connectivity index (χ1) is 19.5. The quantitative estimate of drug-likeness (QED) is 0.334. The molecule has 8 nitrogen and oxygen atoms in total. The molecule has 0 radical (unpaired) electrons. The third kappa shape index (κ3) is 7.78. The van der Waals surface area contributed by atoms with E-state index in [1.807, 2.05) is 4.90 Å². The van der Waals surface area contributed by atoms with E-state index in [0.717, 1.165) is 44.8 Å². The van der Waals surface area contributed by atoms with Crippen LogP contribution in [0, 0.1) is 11.8 Å². The topological polar surface area (TPSA) is 83.7 Å². The molecule has 1 aromatic heterocycles. The van der Waals surface area contributed by atoms with Crippen molar-refractivity contribution in [1.82, 2.24) is 20.4 Å². The number of benzene rings is 2. The largest absolute Gasteiger partial charge is 0.435 e. The van der Waals surface area contributed by atoms with Crippen molar-refractivity contribution in [3.05, 3.63) is 60.2 Å². The van der Waals surface area contributed by atoms with Gasteiger partial charge in [0.2, 0.25) is 11.7 Å². The summed E-state index contributed by atoms with van der Waals surface area (Å²) in [6.07, 6.45) is 6.06. The van der Waals surface area contributed by atoms with Crippen LogP contribution in [0.5, 0.6) is 5.75 Å². The fraction of sp³-hybridized carbons (Fsp3) is 0.500. The third-order valence-electron chi connectivity index (χ3n) is 7.91. The Balaban J connectivity index is 0.972. The van der Waals surface area contributed by atoms with Crippen LogP contribution in [-0.2, 0) is 11.2 Å². The number of carbonyl (C=O) groups excluding carboxylic acids is 1. The summed E-state index contributed by atoms with van der Waals surface area (Å²) in [7, 11) is 0.